The average molecular weight is 807 g/mol. The minimum Gasteiger partial charge on any atom is -0.507 e. The van der Waals surface area contributed by atoms with Gasteiger partial charge < -0.3 is 47.3 Å². The van der Waals surface area contributed by atoms with Gasteiger partial charge in [0.15, 0.2) is 0 Å². The van der Waals surface area contributed by atoms with Gasteiger partial charge in [0.05, 0.1) is 21.4 Å². The topological polar surface area (TPSA) is 156 Å². The lowest BCUT2D eigenvalue weighted by Crippen LogP contribution is -2.03. The van der Waals surface area contributed by atoms with Crippen LogP contribution in [0.4, 0.5) is 0 Å². The predicted octanol–water partition coefficient (Wildman–Crippen LogP) is 8.15. The van der Waals surface area contributed by atoms with Gasteiger partial charge in [-0.05, 0) is 65.0 Å². The summed E-state index contributed by atoms with van der Waals surface area (Å²) in [6.45, 7) is 11.5. The number of esters is 2. The third-order valence-corrected chi connectivity index (χ3v) is 10.9. The Morgan fingerprint density at radius 2 is 1.18 bits per heavy atom. The lowest BCUT2D eigenvalue weighted by molar-refractivity contribution is 0.0523. The smallest absolute Gasteiger partial charge is 0.342 e. The lowest BCUT2D eigenvalue weighted by Gasteiger charge is -2.16. The van der Waals surface area contributed by atoms with Gasteiger partial charge in [-0.2, -0.15) is 0 Å². The van der Waals surface area contributed by atoms with Crippen LogP contribution in [-0.2, 0) is 53.7 Å². The lowest BCUT2D eigenvalue weighted by atomic mass is 9.95. The van der Waals surface area contributed by atoms with Crippen LogP contribution in [0, 0.1) is 13.8 Å². The Morgan fingerprint density at radius 3 is 1.48 bits per heavy atom. The minimum absolute atomic E-state index is 0. The number of carbonyl (C=O) groups excluding carboxylic acids is 2. The van der Waals surface area contributed by atoms with Crippen molar-refractivity contribution in [1.29, 1.82) is 0 Å². The summed E-state index contributed by atoms with van der Waals surface area (Å²) < 4.78 is 46.8. The molecule has 2 aromatic carbocycles. The Hall–Kier alpha value is -2.92. The van der Waals surface area contributed by atoms with Crippen molar-refractivity contribution >= 4 is 43.6 Å². The molecule has 12 nitrogen and oxygen atoms in total. The van der Waals surface area contributed by atoms with Crippen LogP contribution in [0.25, 0.3) is 0 Å². The van der Waals surface area contributed by atoms with Gasteiger partial charge in [0.1, 0.15) is 47.3 Å². The zero-order valence-electron chi connectivity index (χ0n) is 30.6. The van der Waals surface area contributed by atoms with Crippen LogP contribution in [-0.4, -0.2) is 82.5 Å². The monoisotopic (exact) mass is 805 g/mol. The second-order valence-corrected chi connectivity index (χ2v) is 17.5. The van der Waals surface area contributed by atoms with Gasteiger partial charge in [-0.3, -0.25) is 0 Å². The predicted molar refractivity (Wildman–Crippen MR) is 200 cm³/mol. The molecule has 0 bridgehead atoms. The van der Waals surface area contributed by atoms with Crippen molar-refractivity contribution in [3.8, 4) is 23.0 Å². The van der Waals surface area contributed by atoms with Crippen molar-refractivity contribution in [3.63, 3.8) is 0 Å². The number of phenols is 2. The summed E-state index contributed by atoms with van der Waals surface area (Å²) in [5.41, 5.74) is 6.90. The van der Waals surface area contributed by atoms with E-state index in [1.807, 2.05) is 39.8 Å². The molecule has 0 saturated heterocycles. The van der Waals surface area contributed by atoms with E-state index < -0.39 is 27.7 Å². The maximum atomic E-state index is 11.9. The summed E-state index contributed by atoms with van der Waals surface area (Å²) in [7, 11) is 4.53. The average Bonchev–Trinajstić information content (AvgIpc) is 3.66. The van der Waals surface area contributed by atoms with E-state index in [4.69, 9.17) is 18.9 Å². The van der Waals surface area contributed by atoms with Crippen molar-refractivity contribution in [2.45, 2.75) is 53.8 Å². The number of hydrogen-bond donors (Lipinski definition) is 2. The van der Waals surface area contributed by atoms with Gasteiger partial charge in [0, 0.05) is 56.5 Å². The molecule has 0 saturated carbocycles. The zero-order valence-corrected chi connectivity index (χ0v) is 34.0. The van der Waals surface area contributed by atoms with Crippen LogP contribution in [0.15, 0.2) is 23.3 Å². The minimum atomic E-state index is -2.14. The quantitative estimate of drug-likeness (QED) is 0.0920. The Kier molecular flexibility index (Phi) is 17.0. The van der Waals surface area contributed by atoms with Crippen LogP contribution in [0.5, 0.6) is 23.0 Å². The molecule has 0 unspecified atom stereocenters. The fourth-order valence-corrected chi connectivity index (χ4v) is 7.56. The van der Waals surface area contributed by atoms with Crippen LogP contribution in [0.2, 0.25) is 0 Å². The Bertz CT molecular complexity index is 1660. The molecule has 2 N–H and O–H groups in total. The number of methoxy groups -OCH3 is 2. The van der Waals surface area contributed by atoms with E-state index in [1.165, 1.54) is 7.11 Å². The van der Waals surface area contributed by atoms with Crippen molar-refractivity contribution in [2.75, 3.05) is 60.4 Å². The normalized spacial score (nSPS) is 13.9. The third-order valence-electron chi connectivity index (χ3n) is 7.89. The standard InChI is InChI=1S/C17H23O5P.C15H17BrO4.C3H9O3P.H2/c1-10(9-23(4,5)20)6-7-12-15(18)14-13(8-22-17(14)19)11(2)16(12)21-3;1-8(6-16)4-5-10-13(17)12-11(7-20-15(12)18)9(2)14(10)19-3;1-4-7(5-2)6-3;/h6,18H,7-9H2,1-5H3;4,17H,5-7H2,1-3H3;1-3H3;1H/b10-6+;8-4+;;/i;;;1+1. The van der Waals surface area contributed by atoms with E-state index in [0.717, 1.165) is 27.6 Å². The van der Waals surface area contributed by atoms with Crippen LogP contribution in [0.1, 0.15) is 69.4 Å². The molecule has 15 heteroatoms. The molecule has 2 aliphatic heterocycles. The van der Waals surface area contributed by atoms with Crippen LogP contribution < -0.4 is 9.47 Å². The van der Waals surface area contributed by atoms with E-state index in [-0.39, 0.29) is 37.3 Å². The first kappa shape index (κ1) is 43.2. The number of hydrogen-bond acceptors (Lipinski definition) is 12. The summed E-state index contributed by atoms with van der Waals surface area (Å²) in [6, 6.07) is 0. The van der Waals surface area contributed by atoms with Crippen molar-refractivity contribution in [2.24, 2.45) is 0 Å². The molecule has 0 spiro atoms. The molecule has 2 aliphatic rings. The van der Waals surface area contributed by atoms with E-state index in [0.29, 0.717) is 52.8 Å². The summed E-state index contributed by atoms with van der Waals surface area (Å²) in [5.74, 6) is 0.120. The second-order valence-electron chi connectivity index (χ2n) is 12.0. The third kappa shape index (κ3) is 10.8. The zero-order chi connectivity index (χ0) is 37.9. The molecule has 280 valence electrons. The first-order chi connectivity index (χ1) is 23.5. The number of benzene rings is 2. The van der Waals surface area contributed by atoms with E-state index in [9.17, 15) is 24.4 Å². The molecule has 2 aromatic rings. The molecule has 0 fully saturated rings. The second kappa shape index (κ2) is 19.6. The number of carbonyl (C=O) groups is 2. The molecular weight excluding hydrogens is 754 g/mol. The highest BCUT2D eigenvalue weighted by Crippen LogP contribution is 2.44. The number of cyclic esters (lactones) is 2. The molecule has 0 radical (unpaired) electrons. The first-order valence-corrected chi connectivity index (χ1v) is 20.5. The Morgan fingerprint density at radius 1 is 0.800 bits per heavy atom. The fraction of sp³-hybridized carbons (Fsp3) is 0.486. The highest BCUT2D eigenvalue weighted by Gasteiger charge is 2.33. The molecule has 4 rings (SSSR count). The number of aromatic hydroxyl groups is 2. The summed E-state index contributed by atoms with van der Waals surface area (Å²) in [4.78, 5) is 23.6. The molecule has 0 amide bonds. The highest BCUT2D eigenvalue weighted by atomic mass is 79.9. The van der Waals surface area contributed by atoms with Gasteiger partial charge in [-0.1, -0.05) is 39.2 Å². The van der Waals surface area contributed by atoms with E-state index in [2.05, 4.69) is 29.5 Å². The Balaban J connectivity index is 0.000000426. The number of rotatable bonds is 12. The largest absolute Gasteiger partial charge is 0.507 e. The molecule has 2 heterocycles. The number of allylic oxidation sites excluding steroid dienone is 4. The molecule has 50 heavy (non-hydrogen) atoms. The van der Waals surface area contributed by atoms with Crippen molar-refractivity contribution < 1.29 is 58.3 Å². The van der Waals surface area contributed by atoms with Gasteiger partial charge in [0.2, 0.25) is 0 Å². The van der Waals surface area contributed by atoms with Gasteiger partial charge in [-0.25, -0.2) is 9.59 Å². The first-order valence-electron chi connectivity index (χ1n) is 15.5. The Labute approximate surface area is 306 Å². The number of phenolic OH excluding ortho intramolecular Hbond substituents is 2. The SMILES string of the molecule is COP(OC)OC.COc1c(C)c2c(c(O)c1C/C=C(\C)CBr)C(=O)OC2.COc1c(C)c2c(c(O)c1C/C=C(\C)CP(C)(C)=O)C(=O)OC2.[2HH]. The molecule has 0 aromatic heterocycles. The van der Waals surface area contributed by atoms with Crippen LogP contribution >= 0.6 is 31.7 Å². The summed E-state index contributed by atoms with van der Waals surface area (Å²) >= 11 is 3.38. The van der Waals surface area contributed by atoms with Crippen molar-refractivity contribution in [1.82, 2.24) is 0 Å². The molecule has 0 aliphatic carbocycles. The molecular formula is C35H51BrO12P2. The number of fused-ring (bicyclic) bond motifs is 2. The molecule has 0 atom stereocenters. The maximum absolute atomic E-state index is 11.9. The van der Waals surface area contributed by atoms with Gasteiger partial charge in [0.25, 0.3) is 0 Å². The highest BCUT2D eigenvalue weighted by molar-refractivity contribution is 9.09. The van der Waals surface area contributed by atoms with Crippen molar-refractivity contribution in [3.05, 3.63) is 67.8 Å². The number of ether oxygens (including phenoxy) is 4. The summed E-state index contributed by atoms with van der Waals surface area (Å²) in [6.07, 6.45) is 5.36. The number of halogens is 1. The maximum Gasteiger partial charge on any atom is 0.342 e. The van der Waals surface area contributed by atoms with E-state index in [1.54, 1.807) is 41.8 Å². The summed E-state index contributed by atoms with van der Waals surface area (Å²) in [5, 5.41) is 21.6. The number of alkyl halides is 1. The van der Waals surface area contributed by atoms with E-state index >= 15 is 0 Å². The van der Waals surface area contributed by atoms with Gasteiger partial charge >= 0.3 is 20.5 Å². The van der Waals surface area contributed by atoms with Crippen LogP contribution in [0.3, 0.4) is 0 Å². The van der Waals surface area contributed by atoms with Gasteiger partial charge in [-0.15, -0.1) is 0 Å². The fourth-order valence-electron chi connectivity index (χ4n) is 5.55.